The average molecular weight is 295 g/mol. The molecule has 0 aromatic rings. The van der Waals surface area contributed by atoms with Crippen molar-refractivity contribution in [2.45, 2.75) is 58.2 Å². The first-order valence-corrected chi connectivity index (χ1v) is 6.75. The molecule has 7 heteroatoms. The predicted octanol–water partition coefficient (Wildman–Crippen LogP) is 2.82. The number of alkyl halides is 3. The molecule has 0 atom stereocenters. The van der Waals surface area contributed by atoms with Gasteiger partial charge in [0.05, 0.1) is 5.41 Å². The lowest BCUT2D eigenvalue weighted by Gasteiger charge is -2.30. The lowest BCUT2D eigenvalue weighted by Crippen LogP contribution is -2.44. The topological polar surface area (TPSA) is 57.6 Å². The van der Waals surface area contributed by atoms with Crippen LogP contribution in [0.5, 0.6) is 0 Å². The zero-order chi connectivity index (χ0) is 15.6. The number of rotatable bonds is 7. The van der Waals surface area contributed by atoms with Gasteiger partial charge in [0.2, 0.25) is 5.91 Å². The number of carbonyl (C=O) groups excluding carboxylic acids is 1. The fourth-order valence-electron chi connectivity index (χ4n) is 2.27. The molecular formula is C13H20F3NO3. The fraction of sp³-hybridized carbons (Fsp3) is 0.846. The summed E-state index contributed by atoms with van der Waals surface area (Å²) in [7, 11) is 0. The summed E-state index contributed by atoms with van der Waals surface area (Å²) < 4.78 is 37.5. The van der Waals surface area contributed by atoms with Crippen LogP contribution in [0.3, 0.4) is 0 Å². The number of carboxylic acids is 1. The molecule has 1 N–H and O–H groups in total. The minimum atomic E-state index is -4.46. The molecule has 1 saturated carbocycles. The molecule has 0 spiro atoms. The first-order valence-electron chi connectivity index (χ1n) is 6.75. The van der Waals surface area contributed by atoms with E-state index in [1.54, 1.807) is 13.8 Å². The van der Waals surface area contributed by atoms with Crippen LogP contribution in [0.4, 0.5) is 13.2 Å². The summed E-state index contributed by atoms with van der Waals surface area (Å²) in [6.45, 7) is 1.98. The van der Waals surface area contributed by atoms with Crippen LogP contribution in [-0.4, -0.2) is 40.6 Å². The number of hydrogen-bond donors (Lipinski definition) is 1. The summed E-state index contributed by atoms with van der Waals surface area (Å²) >= 11 is 0. The monoisotopic (exact) mass is 295 g/mol. The number of halogens is 3. The number of nitrogens with zero attached hydrogens (tertiary/aromatic N) is 1. The van der Waals surface area contributed by atoms with E-state index in [1.165, 1.54) is 0 Å². The van der Waals surface area contributed by atoms with E-state index in [-0.39, 0.29) is 25.3 Å². The van der Waals surface area contributed by atoms with Gasteiger partial charge in [-0.15, -0.1) is 0 Å². The molecule has 4 nitrogen and oxygen atoms in total. The number of amides is 1. The van der Waals surface area contributed by atoms with Gasteiger partial charge in [0.25, 0.3) is 0 Å². The Labute approximate surface area is 115 Å². The van der Waals surface area contributed by atoms with E-state index < -0.39 is 30.0 Å². The fourth-order valence-corrected chi connectivity index (χ4v) is 2.27. The van der Waals surface area contributed by atoms with Crippen LogP contribution in [0.15, 0.2) is 0 Å². The third-order valence-corrected chi connectivity index (χ3v) is 3.95. The molecule has 1 fully saturated rings. The Morgan fingerprint density at radius 2 is 1.70 bits per heavy atom. The van der Waals surface area contributed by atoms with Crippen molar-refractivity contribution in [3.63, 3.8) is 0 Å². The Bertz CT molecular complexity index is 374. The van der Waals surface area contributed by atoms with Crippen molar-refractivity contribution in [1.29, 1.82) is 0 Å². The Morgan fingerprint density at radius 1 is 1.20 bits per heavy atom. The lowest BCUT2D eigenvalue weighted by molar-refractivity contribution is -0.166. The standard InChI is InChI=1S/C13H20F3NO3/c1-3-12(4-2,11(19)20)7-10(18)17(9-5-6-9)8-13(14,15)16/h9H,3-8H2,1-2H3,(H,19,20). The number of carboxylic acid groups (broad SMARTS) is 1. The van der Waals surface area contributed by atoms with Crippen molar-refractivity contribution in [1.82, 2.24) is 4.90 Å². The minimum absolute atomic E-state index is 0.217. The predicted molar refractivity (Wildman–Crippen MR) is 66.1 cm³/mol. The van der Waals surface area contributed by atoms with Crippen LogP contribution < -0.4 is 0 Å². The van der Waals surface area contributed by atoms with Gasteiger partial charge in [-0.1, -0.05) is 13.8 Å². The molecule has 116 valence electrons. The maximum Gasteiger partial charge on any atom is 0.406 e. The Balaban J connectivity index is 2.82. The van der Waals surface area contributed by atoms with E-state index in [0.717, 1.165) is 4.90 Å². The second-order valence-electron chi connectivity index (χ2n) is 5.34. The molecule has 0 aromatic carbocycles. The maximum absolute atomic E-state index is 12.5. The second-order valence-corrected chi connectivity index (χ2v) is 5.34. The van der Waals surface area contributed by atoms with E-state index >= 15 is 0 Å². The highest BCUT2D eigenvalue weighted by Crippen LogP contribution is 2.36. The van der Waals surface area contributed by atoms with Crippen LogP contribution in [0.2, 0.25) is 0 Å². The largest absolute Gasteiger partial charge is 0.481 e. The highest BCUT2D eigenvalue weighted by atomic mass is 19.4. The average Bonchev–Trinajstić information content (AvgIpc) is 3.15. The number of carbonyl (C=O) groups is 2. The first-order chi connectivity index (χ1) is 9.15. The minimum Gasteiger partial charge on any atom is -0.481 e. The van der Waals surface area contributed by atoms with Crippen molar-refractivity contribution in [3.8, 4) is 0 Å². The van der Waals surface area contributed by atoms with Gasteiger partial charge >= 0.3 is 12.1 Å². The Hall–Kier alpha value is -1.27. The molecule has 20 heavy (non-hydrogen) atoms. The summed E-state index contributed by atoms with van der Waals surface area (Å²) in [6.07, 6.45) is -3.28. The Morgan fingerprint density at radius 3 is 2.00 bits per heavy atom. The zero-order valence-electron chi connectivity index (χ0n) is 11.7. The van der Waals surface area contributed by atoms with Crippen molar-refractivity contribution < 1.29 is 27.9 Å². The summed E-state index contributed by atoms with van der Waals surface area (Å²) in [5, 5.41) is 9.25. The van der Waals surface area contributed by atoms with Gasteiger partial charge in [0.1, 0.15) is 6.54 Å². The molecule has 1 amide bonds. The maximum atomic E-state index is 12.5. The van der Waals surface area contributed by atoms with Crippen molar-refractivity contribution in [3.05, 3.63) is 0 Å². The molecule has 1 aliphatic carbocycles. The lowest BCUT2D eigenvalue weighted by atomic mass is 9.79. The van der Waals surface area contributed by atoms with Gasteiger partial charge in [0.15, 0.2) is 0 Å². The Kier molecular flexibility index (Phi) is 5.05. The smallest absolute Gasteiger partial charge is 0.406 e. The molecule has 0 aliphatic heterocycles. The van der Waals surface area contributed by atoms with Crippen LogP contribution >= 0.6 is 0 Å². The molecule has 1 aliphatic rings. The number of aliphatic carboxylic acids is 1. The van der Waals surface area contributed by atoms with Gasteiger partial charge in [-0.3, -0.25) is 9.59 Å². The third-order valence-electron chi connectivity index (χ3n) is 3.95. The summed E-state index contributed by atoms with van der Waals surface area (Å²) in [4.78, 5) is 24.2. The van der Waals surface area contributed by atoms with Crippen molar-refractivity contribution >= 4 is 11.9 Å². The molecular weight excluding hydrogens is 275 g/mol. The van der Waals surface area contributed by atoms with E-state index in [1.807, 2.05) is 0 Å². The zero-order valence-corrected chi connectivity index (χ0v) is 11.7. The molecule has 1 rings (SSSR count). The molecule has 0 bridgehead atoms. The van der Waals surface area contributed by atoms with Crippen molar-refractivity contribution in [2.75, 3.05) is 6.54 Å². The SMILES string of the molecule is CCC(CC)(CC(=O)N(CC(F)(F)F)C1CC1)C(=O)O. The van der Waals surface area contributed by atoms with Crippen molar-refractivity contribution in [2.24, 2.45) is 5.41 Å². The number of hydrogen-bond acceptors (Lipinski definition) is 2. The summed E-state index contributed by atoms with van der Waals surface area (Å²) in [5.41, 5.74) is -1.27. The van der Waals surface area contributed by atoms with E-state index in [4.69, 9.17) is 0 Å². The summed E-state index contributed by atoms with van der Waals surface area (Å²) in [6, 6.07) is -0.385. The third kappa shape index (κ3) is 4.11. The molecule has 0 radical (unpaired) electrons. The molecule has 0 aromatic heterocycles. The molecule has 0 heterocycles. The van der Waals surface area contributed by atoms with Crippen LogP contribution in [0.1, 0.15) is 46.0 Å². The highest BCUT2D eigenvalue weighted by Gasteiger charge is 2.44. The molecule has 0 saturated heterocycles. The van der Waals surface area contributed by atoms with Gasteiger partial charge in [-0.25, -0.2) is 0 Å². The van der Waals surface area contributed by atoms with E-state index in [2.05, 4.69) is 0 Å². The van der Waals surface area contributed by atoms with Gasteiger partial charge in [0, 0.05) is 12.5 Å². The van der Waals surface area contributed by atoms with E-state index in [0.29, 0.717) is 12.8 Å². The van der Waals surface area contributed by atoms with Crippen LogP contribution in [0, 0.1) is 5.41 Å². The van der Waals surface area contributed by atoms with Gasteiger partial charge in [-0.05, 0) is 25.7 Å². The van der Waals surface area contributed by atoms with E-state index in [9.17, 15) is 27.9 Å². The summed E-state index contributed by atoms with van der Waals surface area (Å²) in [5.74, 6) is -1.84. The highest BCUT2D eigenvalue weighted by molar-refractivity contribution is 5.85. The second kappa shape index (κ2) is 6.01. The van der Waals surface area contributed by atoms with Crippen LogP contribution in [0.25, 0.3) is 0 Å². The van der Waals surface area contributed by atoms with Crippen LogP contribution in [-0.2, 0) is 9.59 Å². The normalized spacial score (nSPS) is 16.1. The molecule has 0 unspecified atom stereocenters. The quantitative estimate of drug-likeness (QED) is 0.785. The van der Waals surface area contributed by atoms with Gasteiger partial charge in [-0.2, -0.15) is 13.2 Å². The van der Waals surface area contributed by atoms with Gasteiger partial charge < -0.3 is 10.0 Å². The first kappa shape index (κ1) is 16.8.